The Kier molecular flexibility index (Phi) is 6.27. The molecule has 1 fully saturated rings. The van der Waals surface area contributed by atoms with Gasteiger partial charge in [0, 0.05) is 41.5 Å². The number of thiophene rings is 1. The Labute approximate surface area is 213 Å². The summed E-state index contributed by atoms with van der Waals surface area (Å²) in [6.45, 7) is 5.96. The third-order valence-corrected chi connectivity index (χ3v) is 7.74. The quantitative estimate of drug-likeness (QED) is 0.328. The van der Waals surface area contributed by atoms with E-state index in [1.54, 1.807) is 18.4 Å². The summed E-state index contributed by atoms with van der Waals surface area (Å²) in [5, 5.41) is 11.9. The molecule has 8 nitrogen and oxygen atoms in total. The van der Waals surface area contributed by atoms with Gasteiger partial charge in [-0.2, -0.15) is 5.10 Å². The topological polar surface area (TPSA) is 88.2 Å². The lowest BCUT2D eigenvalue weighted by Crippen LogP contribution is -2.36. The predicted molar refractivity (Wildman–Crippen MR) is 144 cm³/mol. The second-order valence-corrected chi connectivity index (χ2v) is 10.1. The Balaban J connectivity index is 1.35. The summed E-state index contributed by atoms with van der Waals surface area (Å²) in [6.07, 6.45) is 1.84. The standard InChI is InChI=1S/C27H28N6O2S/c1-17(18-5-3-6-19(13-18)34-2)28-15-20-14-24-25(36-20)27(33-9-11-35-12-10-33)31-26(30-24)21-7-4-8-23-22(21)16-29-32-23/h3-8,13-14,16-17,28H,9-12,15H2,1-2H3,(H,29,32). The molecule has 0 saturated carbocycles. The van der Waals surface area contributed by atoms with Crippen LogP contribution in [0, 0.1) is 0 Å². The van der Waals surface area contributed by atoms with E-state index in [1.807, 2.05) is 30.5 Å². The maximum atomic E-state index is 5.61. The van der Waals surface area contributed by atoms with Crippen molar-refractivity contribution in [1.29, 1.82) is 0 Å². The number of fused-ring (bicyclic) bond motifs is 2. The van der Waals surface area contributed by atoms with Gasteiger partial charge in [0.15, 0.2) is 11.6 Å². The van der Waals surface area contributed by atoms with Crippen LogP contribution in [0.3, 0.4) is 0 Å². The van der Waals surface area contributed by atoms with Crippen LogP contribution in [0.2, 0.25) is 0 Å². The molecular formula is C27H28N6O2S. The van der Waals surface area contributed by atoms with Gasteiger partial charge in [-0.05, 0) is 36.8 Å². The van der Waals surface area contributed by atoms with Crippen LogP contribution in [-0.4, -0.2) is 53.6 Å². The third kappa shape index (κ3) is 4.41. The van der Waals surface area contributed by atoms with E-state index in [4.69, 9.17) is 19.4 Å². The zero-order valence-corrected chi connectivity index (χ0v) is 21.1. The lowest BCUT2D eigenvalue weighted by Gasteiger charge is -2.28. The number of aromatic amines is 1. The van der Waals surface area contributed by atoms with Crippen molar-refractivity contribution >= 4 is 38.3 Å². The predicted octanol–water partition coefficient (Wildman–Crippen LogP) is 4.93. The SMILES string of the molecule is COc1cccc(C(C)NCc2cc3nc(-c4cccc5[nH]ncc45)nc(N4CCOCC4)c3s2)c1. The van der Waals surface area contributed by atoms with E-state index in [0.29, 0.717) is 13.2 Å². The second-order valence-electron chi connectivity index (χ2n) is 8.91. The highest BCUT2D eigenvalue weighted by Gasteiger charge is 2.21. The van der Waals surface area contributed by atoms with Gasteiger partial charge in [0.25, 0.3) is 0 Å². The summed E-state index contributed by atoms with van der Waals surface area (Å²) in [5.74, 6) is 2.57. The molecule has 6 rings (SSSR count). The van der Waals surface area contributed by atoms with Crippen LogP contribution in [0.1, 0.15) is 23.4 Å². The molecule has 2 aromatic carbocycles. The van der Waals surface area contributed by atoms with Crippen molar-refractivity contribution in [2.45, 2.75) is 19.5 Å². The van der Waals surface area contributed by atoms with E-state index in [0.717, 1.165) is 63.7 Å². The number of hydrogen-bond donors (Lipinski definition) is 2. The first-order valence-corrected chi connectivity index (χ1v) is 12.9. The number of H-pyrrole nitrogens is 1. The number of nitrogens with zero attached hydrogens (tertiary/aromatic N) is 4. The summed E-state index contributed by atoms with van der Waals surface area (Å²) in [5.41, 5.74) is 4.12. The van der Waals surface area contributed by atoms with Crippen LogP contribution in [0.5, 0.6) is 5.75 Å². The Morgan fingerprint density at radius 1 is 1.14 bits per heavy atom. The first-order valence-electron chi connectivity index (χ1n) is 12.1. The number of rotatable bonds is 7. The van der Waals surface area contributed by atoms with Crippen LogP contribution in [-0.2, 0) is 11.3 Å². The van der Waals surface area contributed by atoms with E-state index < -0.39 is 0 Å². The Bertz CT molecular complexity index is 1510. The van der Waals surface area contributed by atoms with Gasteiger partial charge in [-0.3, -0.25) is 5.10 Å². The van der Waals surface area contributed by atoms with Crippen molar-refractivity contribution in [1.82, 2.24) is 25.5 Å². The number of ether oxygens (including phenoxy) is 2. The van der Waals surface area contributed by atoms with Crippen molar-refractivity contribution in [3.8, 4) is 17.1 Å². The van der Waals surface area contributed by atoms with Crippen molar-refractivity contribution in [2.24, 2.45) is 0 Å². The summed E-state index contributed by atoms with van der Waals surface area (Å²) in [4.78, 5) is 13.7. The summed E-state index contributed by atoms with van der Waals surface area (Å²) >= 11 is 1.76. The van der Waals surface area contributed by atoms with Gasteiger partial charge >= 0.3 is 0 Å². The van der Waals surface area contributed by atoms with E-state index in [2.05, 4.69) is 51.6 Å². The maximum Gasteiger partial charge on any atom is 0.162 e. The van der Waals surface area contributed by atoms with E-state index in [9.17, 15) is 0 Å². The molecule has 36 heavy (non-hydrogen) atoms. The minimum atomic E-state index is 0.185. The molecule has 4 heterocycles. The molecule has 9 heteroatoms. The van der Waals surface area contributed by atoms with Crippen molar-refractivity contribution in [3.63, 3.8) is 0 Å². The molecule has 0 spiro atoms. The molecule has 2 N–H and O–H groups in total. The molecule has 1 atom stereocenters. The Hall–Kier alpha value is -3.53. The second kappa shape index (κ2) is 9.85. The molecule has 1 aliphatic rings. The molecule has 0 aliphatic carbocycles. The highest BCUT2D eigenvalue weighted by Crippen LogP contribution is 2.36. The van der Waals surface area contributed by atoms with Crippen molar-refractivity contribution in [3.05, 3.63) is 65.2 Å². The van der Waals surface area contributed by atoms with Crippen LogP contribution in [0.15, 0.2) is 54.7 Å². The number of benzene rings is 2. The van der Waals surface area contributed by atoms with E-state index in [1.165, 1.54) is 10.4 Å². The zero-order chi connectivity index (χ0) is 24.5. The fourth-order valence-corrected chi connectivity index (χ4v) is 5.67. The molecule has 1 aliphatic heterocycles. The summed E-state index contributed by atoms with van der Waals surface area (Å²) in [7, 11) is 1.70. The molecule has 0 radical (unpaired) electrons. The fourth-order valence-electron chi connectivity index (χ4n) is 4.61. The number of nitrogens with one attached hydrogen (secondary N) is 2. The van der Waals surface area contributed by atoms with Crippen molar-refractivity contribution in [2.75, 3.05) is 38.3 Å². The summed E-state index contributed by atoms with van der Waals surface area (Å²) in [6, 6.07) is 16.7. The Morgan fingerprint density at radius 3 is 2.86 bits per heavy atom. The number of aromatic nitrogens is 4. The molecule has 3 aromatic heterocycles. The number of hydrogen-bond acceptors (Lipinski definition) is 8. The fraction of sp³-hybridized carbons (Fsp3) is 0.296. The van der Waals surface area contributed by atoms with Gasteiger partial charge in [-0.15, -0.1) is 11.3 Å². The van der Waals surface area contributed by atoms with E-state index in [-0.39, 0.29) is 6.04 Å². The van der Waals surface area contributed by atoms with Crippen LogP contribution in [0.4, 0.5) is 5.82 Å². The first-order chi connectivity index (χ1) is 17.7. The maximum absolute atomic E-state index is 5.61. The number of anilines is 1. The first kappa shape index (κ1) is 22.9. The van der Waals surface area contributed by atoms with Crippen molar-refractivity contribution < 1.29 is 9.47 Å². The van der Waals surface area contributed by atoms with Gasteiger partial charge in [0.2, 0.25) is 0 Å². The summed E-state index contributed by atoms with van der Waals surface area (Å²) < 4.78 is 12.1. The molecular weight excluding hydrogens is 472 g/mol. The molecule has 0 bridgehead atoms. The lowest BCUT2D eigenvalue weighted by molar-refractivity contribution is 0.122. The number of methoxy groups -OCH3 is 1. The molecule has 0 amide bonds. The van der Waals surface area contributed by atoms with Gasteiger partial charge in [-0.25, -0.2) is 9.97 Å². The normalized spacial score (nSPS) is 15.0. The molecule has 184 valence electrons. The van der Waals surface area contributed by atoms with Crippen LogP contribution in [0.25, 0.3) is 32.5 Å². The minimum absolute atomic E-state index is 0.185. The zero-order valence-electron chi connectivity index (χ0n) is 20.3. The number of morpholine rings is 1. The minimum Gasteiger partial charge on any atom is -0.497 e. The van der Waals surface area contributed by atoms with Gasteiger partial charge in [0.05, 0.1) is 42.3 Å². The molecule has 1 unspecified atom stereocenters. The third-order valence-electron chi connectivity index (χ3n) is 6.62. The molecule has 5 aromatic rings. The van der Waals surface area contributed by atoms with E-state index >= 15 is 0 Å². The highest BCUT2D eigenvalue weighted by atomic mass is 32.1. The largest absolute Gasteiger partial charge is 0.497 e. The lowest BCUT2D eigenvalue weighted by atomic mass is 10.1. The van der Waals surface area contributed by atoms with Crippen LogP contribution < -0.4 is 15.0 Å². The average Bonchev–Trinajstić information content (AvgIpc) is 3.58. The average molecular weight is 501 g/mol. The monoisotopic (exact) mass is 500 g/mol. The highest BCUT2D eigenvalue weighted by molar-refractivity contribution is 7.19. The van der Waals surface area contributed by atoms with Gasteiger partial charge in [-0.1, -0.05) is 24.3 Å². The van der Waals surface area contributed by atoms with Gasteiger partial charge in [0.1, 0.15) is 5.75 Å². The smallest absolute Gasteiger partial charge is 0.162 e. The van der Waals surface area contributed by atoms with Gasteiger partial charge < -0.3 is 19.7 Å². The van der Waals surface area contributed by atoms with Crippen LogP contribution >= 0.6 is 11.3 Å². The molecule has 1 saturated heterocycles. The Morgan fingerprint density at radius 2 is 2.00 bits per heavy atom.